The van der Waals surface area contributed by atoms with Crippen molar-refractivity contribution in [3.63, 3.8) is 0 Å². The van der Waals surface area contributed by atoms with E-state index in [0.717, 1.165) is 12.8 Å². The van der Waals surface area contributed by atoms with E-state index in [-0.39, 0.29) is 18.3 Å². The summed E-state index contributed by atoms with van der Waals surface area (Å²) in [6, 6.07) is 0. The van der Waals surface area contributed by atoms with Gasteiger partial charge >= 0.3 is 9.05 Å². The molecule has 0 rings (SSSR count). The van der Waals surface area contributed by atoms with Gasteiger partial charge < -0.3 is 23.4 Å². The van der Waals surface area contributed by atoms with Crippen molar-refractivity contribution in [2.45, 2.75) is 72.7 Å². The number of hydrogen-bond acceptors (Lipinski definition) is 5. The van der Waals surface area contributed by atoms with Crippen molar-refractivity contribution in [2.75, 3.05) is 13.2 Å². The molecule has 5 nitrogen and oxygen atoms in total. The number of rotatable bonds is 11. The van der Waals surface area contributed by atoms with Crippen molar-refractivity contribution in [2.24, 2.45) is 5.73 Å². The zero-order valence-corrected chi connectivity index (χ0v) is 14.3. The molecule has 0 atom stereocenters. The third-order valence-electron chi connectivity index (χ3n) is 2.02. The van der Waals surface area contributed by atoms with E-state index in [1.807, 2.05) is 41.5 Å². The minimum absolute atomic E-state index is 0.00123. The van der Waals surface area contributed by atoms with E-state index in [4.69, 9.17) is 23.4 Å². The van der Waals surface area contributed by atoms with Gasteiger partial charge in [0.25, 0.3) is 0 Å². The molecule has 0 aromatic carbocycles. The molecule has 0 aromatic heterocycles. The Morgan fingerprint density at radius 3 is 1.53 bits per heavy atom. The molecular weight excluding hydrogens is 262 g/mol. The van der Waals surface area contributed by atoms with E-state index in [1.165, 1.54) is 0 Å². The fourth-order valence-electron chi connectivity index (χ4n) is 1.49. The second-order valence-electron chi connectivity index (χ2n) is 5.34. The summed E-state index contributed by atoms with van der Waals surface area (Å²) < 4.78 is 23.5. The normalized spacial score (nSPS) is 12.9. The van der Waals surface area contributed by atoms with Crippen molar-refractivity contribution in [3.8, 4) is 0 Å². The molecule has 0 amide bonds. The maximum Gasteiger partial charge on any atom is 0.680 e. The predicted octanol–water partition coefficient (Wildman–Crippen LogP) is 2.45. The van der Waals surface area contributed by atoms with Crippen LogP contribution in [0.5, 0.6) is 0 Å². The highest BCUT2D eigenvalue weighted by Crippen LogP contribution is 2.19. The third kappa shape index (κ3) is 9.54. The lowest BCUT2D eigenvalue weighted by Gasteiger charge is -2.32. The van der Waals surface area contributed by atoms with Gasteiger partial charge in [0.1, 0.15) is 0 Å². The molecule has 0 aliphatic carbocycles. The first-order valence-corrected chi connectivity index (χ1v) is 8.82. The molecule has 0 spiro atoms. The standard InChI is InChI=1S/C13H31NO4Si/c1-11(2)16-19(17-12(3)4,18-13(5)6)15-10-8-7-9-14/h11-13H,7-10,14H2,1-6H3. The van der Waals surface area contributed by atoms with Crippen molar-refractivity contribution >= 4 is 9.05 Å². The molecule has 0 radical (unpaired) electrons. The predicted molar refractivity (Wildman–Crippen MR) is 78.7 cm³/mol. The van der Waals surface area contributed by atoms with E-state index in [0.29, 0.717) is 13.2 Å². The van der Waals surface area contributed by atoms with Crippen LogP contribution in [0.3, 0.4) is 0 Å². The Bertz CT molecular complexity index is 198. The minimum Gasteiger partial charge on any atom is -0.351 e. The fraction of sp³-hybridized carbons (Fsp3) is 1.00. The zero-order chi connectivity index (χ0) is 14.9. The minimum atomic E-state index is -3.08. The van der Waals surface area contributed by atoms with Gasteiger partial charge in [-0.1, -0.05) is 0 Å². The van der Waals surface area contributed by atoms with Crippen molar-refractivity contribution in [3.05, 3.63) is 0 Å². The molecule has 0 aromatic rings. The van der Waals surface area contributed by atoms with Crippen LogP contribution in [0.4, 0.5) is 0 Å². The second kappa shape index (κ2) is 9.85. The summed E-state index contributed by atoms with van der Waals surface area (Å²) in [4.78, 5) is 0. The van der Waals surface area contributed by atoms with Crippen molar-refractivity contribution < 1.29 is 17.7 Å². The fourth-order valence-corrected chi connectivity index (χ4v) is 3.99. The summed E-state index contributed by atoms with van der Waals surface area (Å²) in [6.07, 6.45) is 1.81. The first-order valence-electron chi connectivity index (χ1n) is 7.18. The molecule has 0 bridgehead atoms. The lowest BCUT2D eigenvalue weighted by atomic mass is 10.3. The van der Waals surface area contributed by atoms with Gasteiger partial charge in [-0.2, -0.15) is 0 Å². The Hall–Kier alpha value is 0.0169. The van der Waals surface area contributed by atoms with E-state index < -0.39 is 9.05 Å². The van der Waals surface area contributed by atoms with E-state index in [9.17, 15) is 0 Å². The molecule has 0 aliphatic heterocycles. The second-order valence-corrected chi connectivity index (χ2v) is 7.34. The Morgan fingerprint density at radius 1 is 0.789 bits per heavy atom. The van der Waals surface area contributed by atoms with Crippen LogP contribution in [-0.2, 0) is 17.7 Å². The zero-order valence-electron chi connectivity index (χ0n) is 13.3. The van der Waals surface area contributed by atoms with E-state index >= 15 is 0 Å². The molecule has 116 valence electrons. The highest BCUT2D eigenvalue weighted by atomic mass is 28.4. The number of nitrogens with two attached hydrogens (primary N) is 1. The summed E-state index contributed by atoms with van der Waals surface area (Å²) in [6.45, 7) is 13.0. The summed E-state index contributed by atoms with van der Waals surface area (Å²) in [5, 5.41) is 0. The largest absolute Gasteiger partial charge is 0.680 e. The van der Waals surface area contributed by atoms with Gasteiger partial charge in [-0.3, -0.25) is 0 Å². The van der Waals surface area contributed by atoms with Crippen LogP contribution in [0.2, 0.25) is 0 Å². The van der Waals surface area contributed by atoms with Gasteiger partial charge in [0, 0.05) is 24.9 Å². The number of hydrogen-bond donors (Lipinski definition) is 1. The molecule has 19 heavy (non-hydrogen) atoms. The Kier molecular flexibility index (Phi) is 9.86. The molecular formula is C13H31NO4Si. The molecule has 0 unspecified atom stereocenters. The molecule has 0 aliphatic rings. The highest BCUT2D eigenvalue weighted by Gasteiger charge is 2.48. The molecule has 0 saturated carbocycles. The van der Waals surface area contributed by atoms with Crippen LogP contribution in [0, 0.1) is 0 Å². The average molecular weight is 293 g/mol. The maximum absolute atomic E-state index is 5.88. The van der Waals surface area contributed by atoms with Crippen LogP contribution in [0.25, 0.3) is 0 Å². The summed E-state index contributed by atoms with van der Waals surface area (Å²) in [7, 11) is -3.08. The number of unbranched alkanes of at least 4 members (excludes halogenated alkanes) is 1. The van der Waals surface area contributed by atoms with Gasteiger partial charge in [-0.25, -0.2) is 0 Å². The van der Waals surface area contributed by atoms with Crippen molar-refractivity contribution in [1.82, 2.24) is 0 Å². The topological polar surface area (TPSA) is 62.9 Å². The van der Waals surface area contributed by atoms with E-state index in [2.05, 4.69) is 0 Å². The lowest BCUT2D eigenvalue weighted by molar-refractivity contribution is -0.0749. The quantitative estimate of drug-likeness (QED) is 0.468. The maximum atomic E-state index is 5.88. The Labute approximate surface area is 119 Å². The van der Waals surface area contributed by atoms with Crippen LogP contribution in [0.1, 0.15) is 54.4 Å². The Morgan fingerprint density at radius 2 is 1.21 bits per heavy atom. The summed E-state index contributed by atoms with van der Waals surface area (Å²) in [5.41, 5.74) is 5.48. The van der Waals surface area contributed by atoms with Crippen LogP contribution < -0.4 is 5.73 Å². The van der Waals surface area contributed by atoms with Gasteiger partial charge in [-0.05, 0) is 60.9 Å². The van der Waals surface area contributed by atoms with Gasteiger partial charge in [0.15, 0.2) is 0 Å². The van der Waals surface area contributed by atoms with Gasteiger partial charge in [0.2, 0.25) is 0 Å². The molecule has 2 N–H and O–H groups in total. The molecule has 0 fully saturated rings. The summed E-state index contributed by atoms with van der Waals surface area (Å²) in [5.74, 6) is 0. The lowest BCUT2D eigenvalue weighted by Crippen LogP contribution is -2.53. The molecule has 0 saturated heterocycles. The highest BCUT2D eigenvalue weighted by molar-refractivity contribution is 6.53. The molecule has 6 heteroatoms. The first-order chi connectivity index (χ1) is 8.81. The average Bonchev–Trinajstić information content (AvgIpc) is 2.21. The van der Waals surface area contributed by atoms with Crippen LogP contribution in [-0.4, -0.2) is 40.5 Å². The van der Waals surface area contributed by atoms with Crippen LogP contribution >= 0.6 is 0 Å². The Balaban J connectivity index is 4.68. The monoisotopic (exact) mass is 293 g/mol. The van der Waals surface area contributed by atoms with Gasteiger partial charge in [-0.15, -0.1) is 0 Å². The molecule has 0 heterocycles. The third-order valence-corrected chi connectivity index (χ3v) is 4.86. The first kappa shape index (κ1) is 19.0. The smallest absolute Gasteiger partial charge is 0.351 e. The van der Waals surface area contributed by atoms with Crippen LogP contribution in [0.15, 0.2) is 0 Å². The summed E-state index contributed by atoms with van der Waals surface area (Å²) >= 11 is 0. The van der Waals surface area contributed by atoms with Crippen molar-refractivity contribution in [1.29, 1.82) is 0 Å². The van der Waals surface area contributed by atoms with Gasteiger partial charge in [0.05, 0.1) is 0 Å². The van der Waals surface area contributed by atoms with E-state index in [1.54, 1.807) is 0 Å². The SMILES string of the molecule is CC(C)O[Si](OCCCCN)(OC(C)C)OC(C)C.